The Morgan fingerprint density at radius 1 is 1.07 bits per heavy atom. The van der Waals surface area contributed by atoms with Crippen molar-refractivity contribution in [2.45, 2.75) is 32.7 Å². The van der Waals surface area contributed by atoms with Gasteiger partial charge in [-0.2, -0.15) is 4.98 Å². The first kappa shape index (κ1) is 19.5. The molecule has 0 saturated carbocycles. The van der Waals surface area contributed by atoms with Crippen LogP contribution in [0.25, 0.3) is 11.5 Å². The largest absolute Gasteiger partial charge is 0.334 e. The summed E-state index contributed by atoms with van der Waals surface area (Å²) in [7, 11) is 0. The third kappa shape index (κ3) is 4.51. The summed E-state index contributed by atoms with van der Waals surface area (Å²) >= 11 is 0. The van der Waals surface area contributed by atoms with Crippen LogP contribution in [0.4, 0.5) is 19.3 Å². The average Bonchev–Trinajstić information content (AvgIpc) is 3.12. The number of halogens is 2. The van der Waals surface area contributed by atoms with Gasteiger partial charge < -0.3 is 15.2 Å². The number of amides is 2. The first-order chi connectivity index (χ1) is 13.3. The van der Waals surface area contributed by atoms with Gasteiger partial charge in [-0.15, -0.1) is 0 Å². The molecule has 1 aromatic heterocycles. The van der Waals surface area contributed by atoms with Gasteiger partial charge in [-0.05, 0) is 37.3 Å². The molecule has 146 valence electrons. The van der Waals surface area contributed by atoms with Crippen molar-refractivity contribution < 1.29 is 18.1 Å². The van der Waals surface area contributed by atoms with Gasteiger partial charge in [0.1, 0.15) is 11.6 Å². The van der Waals surface area contributed by atoms with Crippen LogP contribution >= 0.6 is 0 Å². The molecule has 0 aliphatic rings. The minimum atomic E-state index is -0.711. The number of nitrogens with one attached hydrogen (secondary N) is 2. The smallest absolute Gasteiger partial charge is 0.319 e. The molecule has 8 heteroatoms. The second-order valence-corrected chi connectivity index (χ2v) is 6.68. The van der Waals surface area contributed by atoms with Crippen LogP contribution in [-0.2, 0) is 0 Å². The average molecular weight is 386 g/mol. The predicted molar refractivity (Wildman–Crippen MR) is 101 cm³/mol. The topological polar surface area (TPSA) is 80.0 Å². The number of rotatable bonds is 5. The second kappa shape index (κ2) is 8.16. The number of nitrogens with zero attached hydrogens (tertiary/aromatic N) is 2. The monoisotopic (exact) mass is 386 g/mol. The third-order valence-electron chi connectivity index (χ3n) is 4.12. The molecule has 0 fully saturated rings. The maximum atomic E-state index is 13.8. The minimum Gasteiger partial charge on any atom is -0.334 e. The zero-order valence-corrected chi connectivity index (χ0v) is 15.7. The van der Waals surface area contributed by atoms with Gasteiger partial charge in [0.2, 0.25) is 0 Å². The van der Waals surface area contributed by atoms with Crippen LogP contribution in [0.1, 0.15) is 44.1 Å². The van der Waals surface area contributed by atoms with Crippen molar-refractivity contribution in [2.75, 3.05) is 5.32 Å². The molecule has 28 heavy (non-hydrogen) atoms. The van der Waals surface area contributed by atoms with Crippen LogP contribution in [0.3, 0.4) is 0 Å². The highest BCUT2D eigenvalue weighted by atomic mass is 19.1. The van der Waals surface area contributed by atoms with E-state index in [0.29, 0.717) is 17.4 Å². The quantitative estimate of drug-likeness (QED) is 0.645. The van der Waals surface area contributed by atoms with Crippen molar-refractivity contribution in [3.63, 3.8) is 0 Å². The van der Waals surface area contributed by atoms with E-state index in [9.17, 15) is 13.6 Å². The molecular weight excluding hydrogens is 366 g/mol. The van der Waals surface area contributed by atoms with Crippen molar-refractivity contribution in [3.05, 3.63) is 65.5 Å². The summed E-state index contributed by atoms with van der Waals surface area (Å²) < 4.78 is 32.0. The van der Waals surface area contributed by atoms with Gasteiger partial charge in [0, 0.05) is 28.8 Å². The van der Waals surface area contributed by atoms with Crippen molar-refractivity contribution >= 4 is 11.7 Å². The van der Waals surface area contributed by atoms with Crippen LogP contribution in [-0.4, -0.2) is 16.2 Å². The van der Waals surface area contributed by atoms with Gasteiger partial charge in [0.15, 0.2) is 5.82 Å². The molecule has 3 aromatic rings. The van der Waals surface area contributed by atoms with Crippen molar-refractivity contribution in [3.8, 4) is 11.5 Å². The Morgan fingerprint density at radius 2 is 1.79 bits per heavy atom. The van der Waals surface area contributed by atoms with Crippen molar-refractivity contribution in [1.29, 1.82) is 0 Å². The standard InChI is InChI=1S/C20H20F2N4O2/c1-11(2)18-25-19(28-26-18)13-4-7-15(8-5-13)24-20(27)23-12(3)16-9-6-14(21)10-17(16)22/h4-12H,1-3H3,(H2,23,24,27). The molecule has 1 heterocycles. The summed E-state index contributed by atoms with van der Waals surface area (Å²) in [6.07, 6.45) is 0. The molecule has 3 rings (SSSR count). The molecule has 1 atom stereocenters. The van der Waals surface area contributed by atoms with Crippen molar-refractivity contribution in [1.82, 2.24) is 15.5 Å². The van der Waals surface area contributed by atoms with Crippen molar-refractivity contribution in [2.24, 2.45) is 0 Å². The molecule has 0 saturated heterocycles. The first-order valence-corrected chi connectivity index (χ1v) is 8.80. The molecule has 2 amide bonds. The van der Waals surface area contributed by atoms with Crippen LogP contribution in [0, 0.1) is 11.6 Å². The van der Waals surface area contributed by atoms with E-state index in [1.807, 2.05) is 13.8 Å². The summed E-state index contributed by atoms with van der Waals surface area (Å²) in [6.45, 7) is 5.55. The second-order valence-electron chi connectivity index (χ2n) is 6.68. The highest BCUT2D eigenvalue weighted by Crippen LogP contribution is 2.22. The summed E-state index contributed by atoms with van der Waals surface area (Å²) in [4.78, 5) is 16.5. The number of urea groups is 1. The number of carbonyl (C=O) groups is 1. The van der Waals surface area contributed by atoms with E-state index >= 15 is 0 Å². The van der Waals surface area contributed by atoms with E-state index in [-0.39, 0.29) is 11.5 Å². The fourth-order valence-corrected chi connectivity index (χ4v) is 2.58. The normalized spacial score (nSPS) is 12.1. The number of aromatic nitrogens is 2. The molecule has 0 aliphatic carbocycles. The maximum Gasteiger partial charge on any atom is 0.319 e. The van der Waals surface area contributed by atoms with E-state index in [0.717, 1.165) is 17.7 Å². The number of hydrogen-bond acceptors (Lipinski definition) is 4. The molecule has 6 nitrogen and oxygen atoms in total. The van der Waals surface area contributed by atoms with E-state index < -0.39 is 23.7 Å². The van der Waals surface area contributed by atoms with Crippen LogP contribution < -0.4 is 10.6 Å². The first-order valence-electron chi connectivity index (χ1n) is 8.80. The lowest BCUT2D eigenvalue weighted by Crippen LogP contribution is -2.31. The Hall–Kier alpha value is -3.29. The fraction of sp³-hybridized carbons (Fsp3) is 0.250. The van der Waals surface area contributed by atoms with Gasteiger partial charge >= 0.3 is 6.03 Å². The highest BCUT2D eigenvalue weighted by Gasteiger charge is 2.15. The Bertz CT molecular complexity index is 971. The summed E-state index contributed by atoms with van der Waals surface area (Å²) in [5.74, 6) is -0.189. The highest BCUT2D eigenvalue weighted by molar-refractivity contribution is 5.89. The van der Waals surface area contributed by atoms with Crippen LogP contribution in [0.2, 0.25) is 0 Å². The van der Waals surface area contributed by atoms with E-state index in [4.69, 9.17) is 4.52 Å². The molecule has 0 radical (unpaired) electrons. The van der Waals surface area contributed by atoms with Gasteiger partial charge in [0.25, 0.3) is 5.89 Å². The zero-order valence-electron chi connectivity index (χ0n) is 15.7. The molecule has 0 spiro atoms. The molecule has 0 aliphatic heterocycles. The Balaban J connectivity index is 1.62. The summed E-state index contributed by atoms with van der Waals surface area (Å²) in [6, 6.07) is 8.97. The van der Waals surface area contributed by atoms with Crippen LogP contribution in [0.15, 0.2) is 47.0 Å². The lowest BCUT2D eigenvalue weighted by molar-refractivity contribution is 0.249. The predicted octanol–water partition coefficient (Wildman–Crippen LogP) is 5.02. The molecule has 2 N–H and O–H groups in total. The SMILES string of the molecule is CC(C)c1noc(-c2ccc(NC(=O)NC(C)c3ccc(F)cc3F)cc2)n1. The van der Waals surface area contributed by atoms with Crippen LogP contribution in [0.5, 0.6) is 0 Å². The molecular formula is C20H20F2N4O2. The lowest BCUT2D eigenvalue weighted by Gasteiger charge is -2.16. The number of anilines is 1. The number of hydrogen-bond donors (Lipinski definition) is 2. The zero-order chi connectivity index (χ0) is 20.3. The minimum absolute atomic E-state index is 0.162. The fourth-order valence-electron chi connectivity index (χ4n) is 2.58. The Labute approximate surface area is 161 Å². The van der Waals surface area contributed by atoms with E-state index in [2.05, 4.69) is 20.8 Å². The maximum absolute atomic E-state index is 13.8. The molecule has 1 unspecified atom stereocenters. The third-order valence-corrected chi connectivity index (χ3v) is 4.12. The van der Waals surface area contributed by atoms with Gasteiger partial charge in [-0.3, -0.25) is 0 Å². The van der Waals surface area contributed by atoms with Gasteiger partial charge in [0.05, 0.1) is 6.04 Å². The number of benzene rings is 2. The summed E-state index contributed by atoms with van der Waals surface area (Å²) in [5, 5.41) is 9.19. The molecule has 0 bridgehead atoms. The van der Waals surface area contributed by atoms with E-state index in [1.54, 1.807) is 31.2 Å². The Morgan fingerprint density at radius 3 is 2.39 bits per heavy atom. The van der Waals surface area contributed by atoms with Gasteiger partial charge in [-0.1, -0.05) is 25.1 Å². The lowest BCUT2D eigenvalue weighted by atomic mass is 10.1. The summed E-state index contributed by atoms with van der Waals surface area (Å²) in [5.41, 5.74) is 1.47. The number of carbonyl (C=O) groups excluding carboxylic acids is 1. The van der Waals surface area contributed by atoms with Gasteiger partial charge in [-0.25, -0.2) is 13.6 Å². The molecule has 2 aromatic carbocycles. The Kier molecular flexibility index (Phi) is 5.67. The van der Waals surface area contributed by atoms with E-state index in [1.165, 1.54) is 6.07 Å².